The number of hydrogen-bond donors (Lipinski definition) is 1. The van der Waals surface area contributed by atoms with Crippen molar-refractivity contribution >= 4 is 5.91 Å². The van der Waals surface area contributed by atoms with Gasteiger partial charge in [0.15, 0.2) is 6.61 Å². The van der Waals surface area contributed by atoms with Crippen LogP contribution in [0.1, 0.15) is 23.1 Å². The minimum absolute atomic E-state index is 0.0525. The van der Waals surface area contributed by atoms with E-state index >= 15 is 0 Å². The van der Waals surface area contributed by atoms with Gasteiger partial charge in [-0.15, -0.1) is 0 Å². The number of benzene rings is 2. The molecular formula is C20H23NO3. The van der Waals surface area contributed by atoms with Gasteiger partial charge in [0.2, 0.25) is 0 Å². The highest BCUT2D eigenvalue weighted by molar-refractivity contribution is 5.77. The number of carbonyl (C=O) groups is 1. The molecule has 1 N–H and O–H groups in total. The van der Waals surface area contributed by atoms with Crippen LogP contribution in [0.5, 0.6) is 11.5 Å². The molecule has 0 heterocycles. The standard InChI is InChI=1S/C20H23NO3/c1-23-18-7-2-4-15(12-18)10-11-21-20(22)14-24-19-9-8-16-5-3-6-17(16)13-19/h2,4,7-9,12-13H,3,5-6,10-11,14H2,1H3,(H,21,22). The first-order valence-electron chi connectivity index (χ1n) is 8.39. The highest BCUT2D eigenvalue weighted by atomic mass is 16.5. The van der Waals surface area contributed by atoms with Crippen LogP contribution in [0.15, 0.2) is 42.5 Å². The third-order valence-corrected chi connectivity index (χ3v) is 4.31. The molecule has 0 fully saturated rings. The molecule has 4 nitrogen and oxygen atoms in total. The molecule has 1 aliphatic carbocycles. The molecule has 0 saturated heterocycles. The highest BCUT2D eigenvalue weighted by Crippen LogP contribution is 2.25. The largest absolute Gasteiger partial charge is 0.497 e. The second kappa shape index (κ2) is 7.86. The molecule has 0 bridgehead atoms. The summed E-state index contributed by atoms with van der Waals surface area (Å²) in [5.74, 6) is 1.51. The quantitative estimate of drug-likeness (QED) is 0.851. The van der Waals surface area contributed by atoms with Crippen molar-refractivity contribution in [3.8, 4) is 11.5 Å². The Hall–Kier alpha value is -2.49. The highest BCUT2D eigenvalue weighted by Gasteiger charge is 2.11. The Balaban J connectivity index is 1.41. The molecule has 2 aromatic rings. The number of aryl methyl sites for hydroxylation is 2. The number of rotatable bonds is 7. The lowest BCUT2D eigenvalue weighted by Gasteiger charge is -2.09. The van der Waals surface area contributed by atoms with Gasteiger partial charge in [0.05, 0.1) is 7.11 Å². The van der Waals surface area contributed by atoms with E-state index in [0.717, 1.165) is 36.3 Å². The predicted octanol–water partition coefficient (Wildman–Crippen LogP) is 2.92. The van der Waals surface area contributed by atoms with E-state index < -0.39 is 0 Å². The summed E-state index contributed by atoms with van der Waals surface area (Å²) in [6, 6.07) is 14.0. The third kappa shape index (κ3) is 4.28. The van der Waals surface area contributed by atoms with E-state index in [4.69, 9.17) is 9.47 Å². The average molecular weight is 325 g/mol. The summed E-state index contributed by atoms with van der Waals surface area (Å²) < 4.78 is 10.8. The van der Waals surface area contributed by atoms with Crippen molar-refractivity contribution in [2.75, 3.05) is 20.3 Å². The van der Waals surface area contributed by atoms with Gasteiger partial charge >= 0.3 is 0 Å². The molecule has 1 amide bonds. The van der Waals surface area contributed by atoms with Crippen molar-refractivity contribution in [2.24, 2.45) is 0 Å². The fraction of sp³-hybridized carbons (Fsp3) is 0.350. The summed E-state index contributed by atoms with van der Waals surface area (Å²) >= 11 is 0. The van der Waals surface area contributed by atoms with Crippen molar-refractivity contribution in [3.63, 3.8) is 0 Å². The Morgan fingerprint density at radius 1 is 1.08 bits per heavy atom. The molecule has 0 aliphatic heterocycles. The third-order valence-electron chi connectivity index (χ3n) is 4.31. The molecule has 0 saturated carbocycles. The number of nitrogens with one attached hydrogen (secondary N) is 1. The van der Waals surface area contributed by atoms with Gasteiger partial charge in [-0.3, -0.25) is 4.79 Å². The van der Waals surface area contributed by atoms with E-state index in [2.05, 4.69) is 17.4 Å². The van der Waals surface area contributed by atoms with Gasteiger partial charge in [-0.2, -0.15) is 0 Å². The van der Waals surface area contributed by atoms with Crippen LogP contribution in [0.4, 0.5) is 0 Å². The Kier molecular flexibility index (Phi) is 5.36. The molecule has 24 heavy (non-hydrogen) atoms. The molecule has 0 radical (unpaired) electrons. The first kappa shape index (κ1) is 16.4. The summed E-state index contributed by atoms with van der Waals surface area (Å²) in [5.41, 5.74) is 3.89. The monoisotopic (exact) mass is 325 g/mol. The van der Waals surface area contributed by atoms with Gasteiger partial charge in [0.1, 0.15) is 11.5 Å². The molecule has 126 valence electrons. The van der Waals surface area contributed by atoms with Crippen LogP contribution in [0.25, 0.3) is 0 Å². The lowest BCUT2D eigenvalue weighted by atomic mass is 10.1. The van der Waals surface area contributed by atoms with Crippen LogP contribution in [0, 0.1) is 0 Å². The molecule has 0 spiro atoms. The van der Waals surface area contributed by atoms with Crippen LogP contribution < -0.4 is 14.8 Å². The van der Waals surface area contributed by atoms with E-state index in [0.29, 0.717) is 6.54 Å². The van der Waals surface area contributed by atoms with Crippen molar-refractivity contribution in [3.05, 3.63) is 59.2 Å². The van der Waals surface area contributed by atoms with E-state index in [9.17, 15) is 4.79 Å². The predicted molar refractivity (Wildman–Crippen MR) is 93.7 cm³/mol. The number of amides is 1. The fourth-order valence-electron chi connectivity index (χ4n) is 3.01. The van der Waals surface area contributed by atoms with E-state index in [-0.39, 0.29) is 12.5 Å². The Morgan fingerprint density at radius 2 is 1.96 bits per heavy atom. The molecule has 0 unspecified atom stereocenters. The second-order valence-electron chi connectivity index (χ2n) is 6.02. The Bertz CT molecular complexity index is 712. The second-order valence-corrected chi connectivity index (χ2v) is 6.02. The van der Waals surface area contributed by atoms with Crippen molar-refractivity contribution in [2.45, 2.75) is 25.7 Å². The summed E-state index contributed by atoms with van der Waals surface area (Å²) in [6.45, 7) is 0.635. The van der Waals surface area contributed by atoms with Crippen LogP contribution in [-0.4, -0.2) is 26.2 Å². The first-order chi connectivity index (χ1) is 11.7. The Morgan fingerprint density at radius 3 is 2.83 bits per heavy atom. The summed E-state index contributed by atoms with van der Waals surface area (Å²) in [5, 5.41) is 2.89. The molecule has 3 rings (SSSR count). The minimum Gasteiger partial charge on any atom is -0.497 e. The lowest BCUT2D eigenvalue weighted by molar-refractivity contribution is -0.123. The number of methoxy groups -OCH3 is 1. The van der Waals surface area contributed by atoms with Gasteiger partial charge < -0.3 is 14.8 Å². The first-order valence-corrected chi connectivity index (χ1v) is 8.39. The number of ether oxygens (including phenoxy) is 2. The smallest absolute Gasteiger partial charge is 0.257 e. The SMILES string of the molecule is COc1cccc(CCNC(=O)COc2ccc3c(c2)CCC3)c1. The molecule has 2 aromatic carbocycles. The van der Waals surface area contributed by atoms with Crippen LogP contribution >= 0.6 is 0 Å². The number of carbonyl (C=O) groups excluding carboxylic acids is 1. The zero-order chi connectivity index (χ0) is 16.8. The van der Waals surface area contributed by atoms with E-state index in [1.807, 2.05) is 30.3 Å². The van der Waals surface area contributed by atoms with Crippen LogP contribution in [0.2, 0.25) is 0 Å². The van der Waals surface area contributed by atoms with E-state index in [1.54, 1.807) is 7.11 Å². The van der Waals surface area contributed by atoms with Crippen molar-refractivity contribution in [1.82, 2.24) is 5.32 Å². The van der Waals surface area contributed by atoms with Crippen LogP contribution in [-0.2, 0) is 24.1 Å². The summed E-state index contributed by atoms with van der Waals surface area (Å²) in [4.78, 5) is 11.9. The van der Waals surface area contributed by atoms with Crippen LogP contribution in [0.3, 0.4) is 0 Å². The number of fused-ring (bicyclic) bond motifs is 1. The molecule has 4 heteroatoms. The summed E-state index contributed by atoms with van der Waals surface area (Å²) in [6.07, 6.45) is 4.24. The van der Waals surface area contributed by atoms with Crippen molar-refractivity contribution in [1.29, 1.82) is 0 Å². The minimum atomic E-state index is -0.0987. The normalized spacial score (nSPS) is 12.5. The average Bonchev–Trinajstić information content (AvgIpc) is 3.08. The lowest BCUT2D eigenvalue weighted by Crippen LogP contribution is -2.30. The maximum atomic E-state index is 11.9. The fourth-order valence-corrected chi connectivity index (χ4v) is 3.01. The molecule has 1 aliphatic rings. The Labute approximate surface area is 142 Å². The van der Waals surface area contributed by atoms with Gasteiger partial charge in [-0.1, -0.05) is 18.2 Å². The maximum absolute atomic E-state index is 11.9. The zero-order valence-electron chi connectivity index (χ0n) is 14.0. The van der Waals surface area contributed by atoms with Gasteiger partial charge in [0.25, 0.3) is 5.91 Å². The maximum Gasteiger partial charge on any atom is 0.257 e. The molecular weight excluding hydrogens is 302 g/mol. The van der Waals surface area contributed by atoms with Gasteiger partial charge in [0, 0.05) is 6.54 Å². The van der Waals surface area contributed by atoms with Crippen molar-refractivity contribution < 1.29 is 14.3 Å². The number of hydrogen-bond acceptors (Lipinski definition) is 3. The van der Waals surface area contributed by atoms with Gasteiger partial charge in [-0.05, 0) is 66.6 Å². The summed E-state index contributed by atoms with van der Waals surface area (Å²) in [7, 11) is 1.65. The zero-order valence-corrected chi connectivity index (χ0v) is 14.0. The van der Waals surface area contributed by atoms with E-state index in [1.165, 1.54) is 17.5 Å². The molecule has 0 aromatic heterocycles. The van der Waals surface area contributed by atoms with Gasteiger partial charge in [-0.25, -0.2) is 0 Å². The topological polar surface area (TPSA) is 47.6 Å². The molecule has 0 atom stereocenters.